The standard InChI is InChI=1S/C14H14ClN3O3S/c1-3-11(14-16-8(2)7-22-14)17-13(19)10-5-4-9(15)6-12(10)18(20)21/h4-7,11H,3H2,1-2H3,(H,17,19). The molecule has 1 N–H and O–H groups in total. The highest BCUT2D eigenvalue weighted by Gasteiger charge is 2.23. The van der Waals surface area contributed by atoms with Crippen LogP contribution in [0.3, 0.4) is 0 Å². The molecule has 8 heteroatoms. The van der Waals surface area contributed by atoms with Crippen LogP contribution < -0.4 is 5.32 Å². The third kappa shape index (κ3) is 3.61. The van der Waals surface area contributed by atoms with Gasteiger partial charge in [0.1, 0.15) is 10.6 Å². The van der Waals surface area contributed by atoms with E-state index in [1.807, 2.05) is 19.2 Å². The Balaban J connectivity index is 2.26. The van der Waals surface area contributed by atoms with Crippen LogP contribution in [-0.2, 0) is 0 Å². The molecule has 0 fully saturated rings. The van der Waals surface area contributed by atoms with Crippen molar-refractivity contribution in [2.24, 2.45) is 0 Å². The van der Waals surface area contributed by atoms with Crippen molar-refractivity contribution in [3.8, 4) is 0 Å². The summed E-state index contributed by atoms with van der Waals surface area (Å²) in [7, 11) is 0. The van der Waals surface area contributed by atoms with Gasteiger partial charge in [0.05, 0.1) is 11.0 Å². The van der Waals surface area contributed by atoms with Gasteiger partial charge >= 0.3 is 0 Å². The third-order valence-corrected chi connectivity index (χ3v) is 4.36. The molecule has 22 heavy (non-hydrogen) atoms. The summed E-state index contributed by atoms with van der Waals surface area (Å²) in [6, 6.07) is 3.71. The molecular weight excluding hydrogens is 326 g/mol. The summed E-state index contributed by atoms with van der Waals surface area (Å²) in [5.41, 5.74) is 0.557. The van der Waals surface area contributed by atoms with Gasteiger partial charge in [-0.3, -0.25) is 14.9 Å². The van der Waals surface area contributed by atoms with Crippen LogP contribution in [0.1, 0.15) is 40.4 Å². The monoisotopic (exact) mass is 339 g/mol. The fourth-order valence-electron chi connectivity index (χ4n) is 1.95. The van der Waals surface area contributed by atoms with Gasteiger partial charge in [-0.05, 0) is 25.5 Å². The molecule has 1 atom stereocenters. The summed E-state index contributed by atoms with van der Waals surface area (Å²) in [4.78, 5) is 27.1. The first-order chi connectivity index (χ1) is 10.4. The molecule has 0 aliphatic rings. The van der Waals surface area contributed by atoms with Gasteiger partial charge < -0.3 is 5.32 Å². The largest absolute Gasteiger partial charge is 0.343 e. The third-order valence-electron chi connectivity index (χ3n) is 3.05. The van der Waals surface area contributed by atoms with Gasteiger partial charge in [0, 0.05) is 22.2 Å². The molecule has 1 heterocycles. The zero-order chi connectivity index (χ0) is 16.3. The highest BCUT2D eigenvalue weighted by atomic mass is 35.5. The number of halogens is 1. The average Bonchev–Trinajstić information content (AvgIpc) is 2.90. The Labute approximate surface area is 136 Å². The summed E-state index contributed by atoms with van der Waals surface area (Å²) in [5, 5.41) is 16.7. The molecule has 1 aromatic carbocycles. The fourth-order valence-corrected chi connectivity index (χ4v) is 3.05. The number of aryl methyl sites for hydroxylation is 1. The van der Waals surface area contributed by atoms with E-state index in [0.29, 0.717) is 6.42 Å². The zero-order valence-electron chi connectivity index (χ0n) is 12.0. The number of carbonyl (C=O) groups is 1. The number of rotatable bonds is 5. The van der Waals surface area contributed by atoms with E-state index in [2.05, 4.69) is 10.3 Å². The lowest BCUT2D eigenvalue weighted by molar-refractivity contribution is -0.385. The number of amides is 1. The van der Waals surface area contributed by atoms with Crippen LogP contribution in [0.25, 0.3) is 0 Å². The van der Waals surface area contributed by atoms with Crippen LogP contribution in [0.5, 0.6) is 0 Å². The van der Waals surface area contributed by atoms with Gasteiger partial charge in [0.2, 0.25) is 0 Å². The van der Waals surface area contributed by atoms with Gasteiger partial charge in [-0.25, -0.2) is 4.98 Å². The molecule has 116 valence electrons. The van der Waals surface area contributed by atoms with E-state index in [0.717, 1.165) is 10.7 Å². The molecule has 0 bridgehead atoms. The zero-order valence-corrected chi connectivity index (χ0v) is 13.6. The number of aromatic nitrogens is 1. The van der Waals surface area contributed by atoms with E-state index < -0.39 is 10.8 Å². The molecule has 0 aliphatic carbocycles. The Bertz CT molecular complexity index is 717. The smallest absolute Gasteiger partial charge is 0.283 e. The number of nitro groups is 1. The summed E-state index contributed by atoms with van der Waals surface area (Å²) in [5.74, 6) is -0.511. The van der Waals surface area contributed by atoms with Crippen LogP contribution in [0.15, 0.2) is 23.6 Å². The van der Waals surface area contributed by atoms with E-state index in [-0.39, 0.29) is 22.3 Å². The number of hydrogen-bond acceptors (Lipinski definition) is 5. The molecule has 0 spiro atoms. The summed E-state index contributed by atoms with van der Waals surface area (Å²) >= 11 is 7.20. The van der Waals surface area contributed by atoms with Crippen LogP contribution in [0.4, 0.5) is 5.69 Å². The summed E-state index contributed by atoms with van der Waals surface area (Å²) in [6.07, 6.45) is 0.639. The van der Waals surface area contributed by atoms with E-state index in [1.54, 1.807) is 0 Å². The van der Waals surface area contributed by atoms with Crippen LogP contribution >= 0.6 is 22.9 Å². The summed E-state index contributed by atoms with van der Waals surface area (Å²) < 4.78 is 0. The van der Waals surface area contributed by atoms with E-state index in [9.17, 15) is 14.9 Å². The molecule has 6 nitrogen and oxygen atoms in total. The summed E-state index contributed by atoms with van der Waals surface area (Å²) in [6.45, 7) is 3.79. The molecule has 1 amide bonds. The van der Waals surface area contributed by atoms with Crippen molar-refractivity contribution in [3.05, 3.63) is 55.0 Å². The van der Waals surface area contributed by atoms with Crippen molar-refractivity contribution < 1.29 is 9.72 Å². The number of hydrogen-bond donors (Lipinski definition) is 1. The number of benzene rings is 1. The Kier molecular flexibility index (Phi) is 5.10. The number of nitrogens with zero attached hydrogens (tertiary/aromatic N) is 2. The molecule has 0 saturated heterocycles. The van der Waals surface area contributed by atoms with Crippen molar-refractivity contribution in [3.63, 3.8) is 0 Å². The molecular formula is C14H14ClN3O3S. The highest BCUT2D eigenvalue weighted by Crippen LogP contribution is 2.25. The first-order valence-corrected chi connectivity index (χ1v) is 7.85. The molecule has 2 rings (SSSR count). The molecule has 2 aromatic rings. The molecule has 0 aliphatic heterocycles. The normalized spacial score (nSPS) is 12.0. The molecule has 0 radical (unpaired) electrons. The molecule has 1 aromatic heterocycles. The molecule has 1 unspecified atom stereocenters. The van der Waals surface area contributed by atoms with Crippen LogP contribution in [0.2, 0.25) is 5.02 Å². The van der Waals surface area contributed by atoms with Crippen molar-refractivity contribution in [1.29, 1.82) is 0 Å². The lowest BCUT2D eigenvalue weighted by atomic mass is 10.1. The highest BCUT2D eigenvalue weighted by molar-refractivity contribution is 7.09. The van der Waals surface area contributed by atoms with Crippen molar-refractivity contribution in [1.82, 2.24) is 10.3 Å². The average molecular weight is 340 g/mol. The van der Waals surface area contributed by atoms with E-state index in [4.69, 9.17) is 11.6 Å². The van der Waals surface area contributed by atoms with Crippen molar-refractivity contribution >= 4 is 34.5 Å². The lowest BCUT2D eigenvalue weighted by Gasteiger charge is -2.14. The Hall–Kier alpha value is -1.99. The number of thiazole rings is 1. The SMILES string of the molecule is CCC(NC(=O)c1ccc(Cl)cc1[N+](=O)[O-])c1nc(C)cs1. The Morgan fingerprint density at radius 1 is 1.55 bits per heavy atom. The van der Waals surface area contributed by atoms with Gasteiger partial charge in [0.25, 0.3) is 11.6 Å². The van der Waals surface area contributed by atoms with E-state index in [1.165, 1.54) is 29.5 Å². The van der Waals surface area contributed by atoms with Gasteiger partial charge in [-0.2, -0.15) is 0 Å². The second-order valence-corrected chi connectivity index (χ2v) is 6.01. The van der Waals surface area contributed by atoms with Crippen molar-refractivity contribution in [2.45, 2.75) is 26.3 Å². The minimum atomic E-state index is -0.616. The van der Waals surface area contributed by atoms with Crippen LogP contribution in [0, 0.1) is 17.0 Å². The first-order valence-electron chi connectivity index (χ1n) is 6.59. The number of carbonyl (C=O) groups excluding carboxylic acids is 1. The number of nitro benzene ring substituents is 1. The van der Waals surface area contributed by atoms with Gasteiger partial charge in [-0.15, -0.1) is 11.3 Å². The predicted molar refractivity (Wildman–Crippen MR) is 85.5 cm³/mol. The maximum atomic E-state index is 12.3. The maximum Gasteiger partial charge on any atom is 0.283 e. The lowest BCUT2D eigenvalue weighted by Crippen LogP contribution is -2.28. The van der Waals surface area contributed by atoms with Crippen LogP contribution in [-0.4, -0.2) is 15.8 Å². The number of nitrogens with one attached hydrogen (secondary N) is 1. The minimum Gasteiger partial charge on any atom is -0.343 e. The topological polar surface area (TPSA) is 85.1 Å². The fraction of sp³-hybridized carbons (Fsp3) is 0.286. The second kappa shape index (κ2) is 6.85. The maximum absolute atomic E-state index is 12.3. The molecule has 0 saturated carbocycles. The van der Waals surface area contributed by atoms with Gasteiger partial charge in [0.15, 0.2) is 0 Å². The Morgan fingerprint density at radius 3 is 2.82 bits per heavy atom. The van der Waals surface area contributed by atoms with Crippen molar-refractivity contribution in [2.75, 3.05) is 0 Å². The predicted octanol–water partition coefficient (Wildman–Crippen LogP) is 3.89. The quantitative estimate of drug-likeness (QED) is 0.661. The van der Waals surface area contributed by atoms with Gasteiger partial charge in [-0.1, -0.05) is 18.5 Å². The van der Waals surface area contributed by atoms with E-state index >= 15 is 0 Å². The second-order valence-electron chi connectivity index (χ2n) is 4.68. The minimum absolute atomic E-state index is 0.0128. The Morgan fingerprint density at radius 2 is 2.27 bits per heavy atom. The first kappa shape index (κ1) is 16.4.